The molecule has 26 heavy (non-hydrogen) atoms. The SMILES string of the molecule is CC1(C)CC2CC(C)(CN2C(=O)c2c[nH]c(=O)n2Cc2ccccc2)C1. The molecule has 1 amide bonds. The molecule has 1 aliphatic heterocycles. The normalized spacial score (nSPS) is 26.9. The maximum absolute atomic E-state index is 13.3. The lowest BCUT2D eigenvalue weighted by molar-refractivity contribution is 0.0697. The predicted molar refractivity (Wildman–Crippen MR) is 101 cm³/mol. The Balaban J connectivity index is 1.63. The first-order valence-electron chi connectivity index (χ1n) is 9.40. The van der Waals surface area contributed by atoms with Crippen LogP contribution < -0.4 is 5.69 Å². The van der Waals surface area contributed by atoms with E-state index in [1.807, 2.05) is 35.2 Å². The molecule has 0 radical (unpaired) electrons. The molecule has 1 aromatic heterocycles. The summed E-state index contributed by atoms with van der Waals surface area (Å²) >= 11 is 0. The molecule has 2 fully saturated rings. The third kappa shape index (κ3) is 3.00. The molecular formula is C21H27N3O2. The molecule has 2 unspecified atom stereocenters. The number of aromatic amines is 1. The Bertz CT molecular complexity index is 880. The van der Waals surface area contributed by atoms with E-state index >= 15 is 0 Å². The van der Waals surface area contributed by atoms with Crippen molar-refractivity contribution < 1.29 is 4.79 Å². The van der Waals surface area contributed by atoms with Crippen molar-refractivity contribution in [3.63, 3.8) is 0 Å². The number of benzene rings is 1. The fourth-order valence-corrected chi connectivity index (χ4v) is 5.34. The van der Waals surface area contributed by atoms with E-state index in [-0.39, 0.29) is 28.5 Å². The Morgan fingerprint density at radius 2 is 1.92 bits per heavy atom. The van der Waals surface area contributed by atoms with Gasteiger partial charge in [-0.05, 0) is 35.7 Å². The lowest BCUT2D eigenvalue weighted by atomic mass is 9.65. The molecule has 1 saturated heterocycles. The zero-order valence-corrected chi connectivity index (χ0v) is 15.8. The highest BCUT2D eigenvalue weighted by Gasteiger charge is 2.51. The first-order valence-corrected chi connectivity index (χ1v) is 9.40. The van der Waals surface area contributed by atoms with Gasteiger partial charge < -0.3 is 9.88 Å². The highest BCUT2D eigenvalue weighted by atomic mass is 16.2. The third-order valence-electron chi connectivity index (χ3n) is 5.95. The third-order valence-corrected chi connectivity index (χ3v) is 5.95. The number of likely N-dealkylation sites (tertiary alicyclic amines) is 1. The molecule has 5 heteroatoms. The van der Waals surface area contributed by atoms with Gasteiger partial charge in [-0.2, -0.15) is 0 Å². The molecule has 138 valence electrons. The summed E-state index contributed by atoms with van der Waals surface area (Å²) < 4.78 is 1.56. The summed E-state index contributed by atoms with van der Waals surface area (Å²) in [5, 5.41) is 0. The van der Waals surface area contributed by atoms with Gasteiger partial charge in [-0.25, -0.2) is 4.79 Å². The van der Waals surface area contributed by atoms with Crippen LogP contribution in [0.4, 0.5) is 0 Å². The van der Waals surface area contributed by atoms with Crippen LogP contribution >= 0.6 is 0 Å². The molecule has 1 aliphatic carbocycles. The number of hydrogen-bond donors (Lipinski definition) is 1. The first-order chi connectivity index (χ1) is 12.3. The van der Waals surface area contributed by atoms with Gasteiger partial charge in [-0.1, -0.05) is 51.1 Å². The molecule has 2 atom stereocenters. The van der Waals surface area contributed by atoms with Crippen LogP contribution in [0.15, 0.2) is 41.3 Å². The molecule has 0 spiro atoms. The number of fused-ring (bicyclic) bond motifs is 2. The second-order valence-corrected chi connectivity index (χ2v) is 9.20. The van der Waals surface area contributed by atoms with Gasteiger partial charge in [0.15, 0.2) is 0 Å². The molecule has 1 N–H and O–H groups in total. The molecule has 1 aromatic carbocycles. The second-order valence-electron chi connectivity index (χ2n) is 9.20. The van der Waals surface area contributed by atoms with E-state index in [0.717, 1.165) is 31.4 Å². The van der Waals surface area contributed by atoms with E-state index < -0.39 is 0 Å². The highest BCUT2D eigenvalue weighted by Crippen LogP contribution is 2.52. The van der Waals surface area contributed by atoms with Crippen molar-refractivity contribution in [2.75, 3.05) is 6.54 Å². The number of carbonyl (C=O) groups excluding carboxylic acids is 1. The Morgan fingerprint density at radius 3 is 2.65 bits per heavy atom. The zero-order valence-electron chi connectivity index (χ0n) is 15.8. The van der Waals surface area contributed by atoms with Crippen LogP contribution in [0.1, 0.15) is 56.1 Å². The monoisotopic (exact) mass is 353 g/mol. The maximum Gasteiger partial charge on any atom is 0.326 e. The number of carbonyl (C=O) groups is 1. The van der Waals surface area contributed by atoms with Crippen molar-refractivity contribution in [3.8, 4) is 0 Å². The minimum atomic E-state index is -0.231. The summed E-state index contributed by atoms with van der Waals surface area (Å²) in [7, 11) is 0. The van der Waals surface area contributed by atoms with Crippen LogP contribution in [-0.4, -0.2) is 32.9 Å². The lowest BCUT2D eigenvalue weighted by Gasteiger charge is -2.39. The van der Waals surface area contributed by atoms with E-state index in [0.29, 0.717) is 12.2 Å². The molecule has 4 rings (SSSR count). The van der Waals surface area contributed by atoms with Gasteiger partial charge in [-0.15, -0.1) is 0 Å². The minimum absolute atomic E-state index is 0.0225. The number of amides is 1. The zero-order chi connectivity index (χ0) is 18.5. The van der Waals surface area contributed by atoms with Gasteiger partial charge in [0.2, 0.25) is 0 Å². The van der Waals surface area contributed by atoms with Crippen molar-refractivity contribution in [2.45, 2.75) is 52.6 Å². The number of aromatic nitrogens is 2. The van der Waals surface area contributed by atoms with E-state index in [2.05, 4.69) is 25.8 Å². The molecule has 1 saturated carbocycles. The van der Waals surface area contributed by atoms with Gasteiger partial charge >= 0.3 is 5.69 Å². The molecule has 2 aliphatic rings. The smallest absolute Gasteiger partial charge is 0.326 e. The Labute approximate surface area is 154 Å². The number of hydrogen-bond acceptors (Lipinski definition) is 2. The quantitative estimate of drug-likeness (QED) is 0.921. The van der Waals surface area contributed by atoms with Crippen LogP contribution in [0, 0.1) is 10.8 Å². The van der Waals surface area contributed by atoms with Gasteiger partial charge in [0.05, 0.1) is 6.54 Å². The molecule has 2 heterocycles. The van der Waals surface area contributed by atoms with Crippen molar-refractivity contribution in [1.29, 1.82) is 0 Å². The van der Waals surface area contributed by atoms with Crippen molar-refractivity contribution in [3.05, 3.63) is 58.3 Å². The summed E-state index contributed by atoms with van der Waals surface area (Å²) in [5.74, 6) is -0.0225. The van der Waals surface area contributed by atoms with Gasteiger partial charge in [0, 0.05) is 18.8 Å². The van der Waals surface area contributed by atoms with E-state index in [4.69, 9.17) is 0 Å². The van der Waals surface area contributed by atoms with Crippen molar-refractivity contribution in [1.82, 2.24) is 14.5 Å². The maximum atomic E-state index is 13.3. The van der Waals surface area contributed by atoms with Crippen LogP contribution in [0.5, 0.6) is 0 Å². The Kier molecular flexibility index (Phi) is 3.86. The number of nitrogens with zero attached hydrogens (tertiary/aromatic N) is 2. The number of imidazole rings is 1. The molecule has 5 nitrogen and oxygen atoms in total. The van der Waals surface area contributed by atoms with E-state index in [1.165, 1.54) is 0 Å². The topological polar surface area (TPSA) is 58.1 Å². The fraction of sp³-hybridized carbons (Fsp3) is 0.524. The summed E-state index contributed by atoms with van der Waals surface area (Å²) in [6.07, 6.45) is 4.81. The average molecular weight is 353 g/mol. The summed E-state index contributed by atoms with van der Waals surface area (Å²) in [6, 6.07) is 10.1. The summed E-state index contributed by atoms with van der Waals surface area (Å²) in [4.78, 5) is 30.3. The number of nitrogens with one attached hydrogen (secondary N) is 1. The highest BCUT2D eigenvalue weighted by molar-refractivity contribution is 5.93. The summed E-state index contributed by atoms with van der Waals surface area (Å²) in [5.41, 5.74) is 1.69. The van der Waals surface area contributed by atoms with Gasteiger partial charge in [0.25, 0.3) is 5.91 Å². The minimum Gasteiger partial charge on any atom is -0.334 e. The largest absolute Gasteiger partial charge is 0.334 e. The fourth-order valence-electron chi connectivity index (χ4n) is 5.34. The van der Waals surface area contributed by atoms with Gasteiger partial charge in [0.1, 0.15) is 5.69 Å². The van der Waals surface area contributed by atoms with Crippen LogP contribution in [0.2, 0.25) is 0 Å². The summed E-state index contributed by atoms with van der Waals surface area (Å²) in [6.45, 7) is 8.08. The Morgan fingerprint density at radius 1 is 1.19 bits per heavy atom. The van der Waals surface area contributed by atoms with E-state index in [1.54, 1.807) is 10.8 Å². The number of rotatable bonds is 3. The standard InChI is InChI=1S/C21H27N3O2/c1-20(2)9-16-10-21(3,13-20)14-24(16)18(25)17-11-22-19(26)23(17)12-15-7-5-4-6-8-15/h4-8,11,16H,9-10,12-14H2,1-3H3,(H,22,26). The van der Waals surface area contributed by atoms with Crippen molar-refractivity contribution in [2.24, 2.45) is 10.8 Å². The lowest BCUT2D eigenvalue weighted by Crippen LogP contribution is -2.39. The molecule has 2 aromatic rings. The Hall–Kier alpha value is -2.30. The average Bonchev–Trinajstić information content (AvgIpc) is 3.04. The van der Waals surface area contributed by atoms with Crippen LogP contribution in [0.3, 0.4) is 0 Å². The van der Waals surface area contributed by atoms with Gasteiger partial charge in [-0.3, -0.25) is 9.36 Å². The molecule has 2 bridgehead atoms. The molecular weight excluding hydrogens is 326 g/mol. The van der Waals surface area contributed by atoms with Crippen LogP contribution in [-0.2, 0) is 6.54 Å². The predicted octanol–water partition coefficient (Wildman–Crippen LogP) is 3.27. The van der Waals surface area contributed by atoms with Crippen molar-refractivity contribution >= 4 is 5.91 Å². The second kappa shape index (κ2) is 5.86. The first kappa shape index (κ1) is 17.1. The van der Waals surface area contributed by atoms with E-state index in [9.17, 15) is 9.59 Å². The number of H-pyrrole nitrogens is 1. The van der Waals surface area contributed by atoms with Crippen LogP contribution in [0.25, 0.3) is 0 Å².